The van der Waals surface area contributed by atoms with Gasteiger partial charge in [0.15, 0.2) is 0 Å². The van der Waals surface area contributed by atoms with Crippen molar-refractivity contribution >= 4 is 6.09 Å². The standard InChI is InChI=1S/C11H18N2O3/c1-2-15-11(14)13-7-3-6(5-12)4-8(13)10-9(7)16-10/h6-10H,2-5,12H2,1H3/t6?,7?,8?,9-,10+. The Labute approximate surface area is 94.9 Å². The molecule has 3 aliphatic heterocycles. The molecular weight excluding hydrogens is 208 g/mol. The summed E-state index contributed by atoms with van der Waals surface area (Å²) < 4.78 is 10.7. The lowest BCUT2D eigenvalue weighted by Crippen LogP contribution is -2.51. The summed E-state index contributed by atoms with van der Waals surface area (Å²) in [6, 6.07) is 0.410. The molecule has 0 spiro atoms. The summed E-state index contributed by atoms with van der Waals surface area (Å²) in [5, 5.41) is 0. The van der Waals surface area contributed by atoms with Crippen LogP contribution in [-0.2, 0) is 9.47 Å². The average molecular weight is 226 g/mol. The summed E-state index contributed by atoms with van der Waals surface area (Å²) in [6.07, 6.45) is 2.26. The SMILES string of the molecule is CCOC(=O)N1C2CC(CN)CC1[C@@H]1O[C@H]21. The van der Waals surface area contributed by atoms with Gasteiger partial charge in [-0.25, -0.2) is 4.79 Å². The maximum absolute atomic E-state index is 11.8. The lowest BCUT2D eigenvalue weighted by molar-refractivity contribution is 0.0187. The van der Waals surface area contributed by atoms with Gasteiger partial charge < -0.3 is 15.2 Å². The Balaban J connectivity index is 1.75. The van der Waals surface area contributed by atoms with Crippen molar-refractivity contribution in [2.45, 2.75) is 44.1 Å². The Morgan fingerprint density at radius 2 is 2.06 bits per heavy atom. The molecule has 5 nitrogen and oxygen atoms in total. The van der Waals surface area contributed by atoms with Gasteiger partial charge >= 0.3 is 6.09 Å². The zero-order chi connectivity index (χ0) is 11.3. The fourth-order valence-electron chi connectivity index (χ4n) is 3.25. The molecule has 0 aliphatic carbocycles. The molecule has 16 heavy (non-hydrogen) atoms. The summed E-state index contributed by atoms with van der Waals surface area (Å²) in [7, 11) is 0. The predicted octanol–water partition coefficient (Wildman–Crippen LogP) is 0.332. The number of hydrogen-bond acceptors (Lipinski definition) is 4. The van der Waals surface area contributed by atoms with Crippen LogP contribution in [0.25, 0.3) is 0 Å². The first-order valence-corrected chi connectivity index (χ1v) is 6.06. The second kappa shape index (κ2) is 3.60. The summed E-state index contributed by atoms with van der Waals surface area (Å²) >= 11 is 0. The van der Waals surface area contributed by atoms with Crippen molar-refractivity contribution in [2.24, 2.45) is 11.7 Å². The molecule has 0 aromatic rings. The number of nitrogens with zero attached hydrogens (tertiary/aromatic N) is 1. The monoisotopic (exact) mass is 226 g/mol. The fraction of sp³-hybridized carbons (Fsp3) is 0.909. The van der Waals surface area contributed by atoms with Gasteiger partial charge in [-0.2, -0.15) is 0 Å². The molecule has 3 aliphatic rings. The maximum Gasteiger partial charge on any atom is 0.410 e. The fourth-order valence-corrected chi connectivity index (χ4v) is 3.25. The zero-order valence-corrected chi connectivity index (χ0v) is 9.46. The van der Waals surface area contributed by atoms with Gasteiger partial charge in [-0.15, -0.1) is 0 Å². The topological polar surface area (TPSA) is 68.1 Å². The molecule has 5 heteroatoms. The summed E-state index contributed by atoms with van der Waals surface area (Å²) in [6.45, 7) is 2.98. The highest BCUT2D eigenvalue weighted by atomic mass is 16.6. The number of morpholine rings is 1. The second-order valence-corrected chi connectivity index (χ2v) is 4.88. The van der Waals surface area contributed by atoms with Crippen molar-refractivity contribution < 1.29 is 14.3 Å². The Hall–Kier alpha value is -0.810. The summed E-state index contributed by atoms with van der Waals surface area (Å²) in [4.78, 5) is 13.7. The molecule has 0 saturated carbocycles. The first kappa shape index (κ1) is 10.4. The molecule has 3 rings (SSSR count). The number of amides is 1. The van der Waals surface area contributed by atoms with Gasteiger partial charge in [0.2, 0.25) is 0 Å². The molecule has 0 aromatic carbocycles. The van der Waals surface area contributed by atoms with E-state index in [0.717, 1.165) is 12.8 Å². The minimum Gasteiger partial charge on any atom is -0.450 e. The molecule has 1 amide bonds. The molecule has 5 atom stereocenters. The summed E-state index contributed by atoms with van der Waals surface area (Å²) in [5.74, 6) is 0.539. The molecule has 3 heterocycles. The van der Waals surface area contributed by atoms with E-state index in [1.807, 2.05) is 11.8 Å². The quantitative estimate of drug-likeness (QED) is 0.689. The van der Waals surface area contributed by atoms with Crippen molar-refractivity contribution in [1.29, 1.82) is 0 Å². The largest absolute Gasteiger partial charge is 0.450 e. The van der Waals surface area contributed by atoms with Crippen LogP contribution in [0.5, 0.6) is 0 Å². The smallest absolute Gasteiger partial charge is 0.410 e. The van der Waals surface area contributed by atoms with Crippen LogP contribution in [0.2, 0.25) is 0 Å². The van der Waals surface area contributed by atoms with Crippen LogP contribution in [0.1, 0.15) is 19.8 Å². The van der Waals surface area contributed by atoms with Crippen LogP contribution < -0.4 is 5.73 Å². The molecule has 2 N–H and O–H groups in total. The third kappa shape index (κ3) is 1.34. The lowest BCUT2D eigenvalue weighted by Gasteiger charge is -2.39. The van der Waals surface area contributed by atoms with Gasteiger partial charge in [0, 0.05) is 0 Å². The van der Waals surface area contributed by atoms with Gasteiger partial charge in [0.1, 0.15) is 12.2 Å². The van der Waals surface area contributed by atoms with Crippen LogP contribution in [0.15, 0.2) is 0 Å². The maximum atomic E-state index is 11.8. The van der Waals surface area contributed by atoms with Crippen molar-refractivity contribution in [1.82, 2.24) is 4.90 Å². The van der Waals surface area contributed by atoms with Crippen molar-refractivity contribution in [2.75, 3.05) is 13.2 Å². The second-order valence-electron chi connectivity index (χ2n) is 4.88. The van der Waals surface area contributed by atoms with E-state index >= 15 is 0 Å². The number of ether oxygens (including phenoxy) is 2. The highest BCUT2D eigenvalue weighted by Crippen LogP contribution is 2.49. The van der Waals surface area contributed by atoms with Crippen LogP contribution in [-0.4, -0.2) is 48.4 Å². The van der Waals surface area contributed by atoms with Crippen molar-refractivity contribution in [3.8, 4) is 0 Å². The Kier molecular flexibility index (Phi) is 2.33. The summed E-state index contributed by atoms with van der Waals surface area (Å²) in [5.41, 5.74) is 5.72. The molecule has 3 saturated heterocycles. The van der Waals surface area contributed by atoms with E-state index in [0.29, 0.717) is 19.1 Å². The number of nitrogens with two attached hydrogens (primary N) is 1. The number of fused-ring (bicyclic) bond motifs is 5. The number of epoxide rings is 1. The zero-order valence-electron chi connectivity index (χ0n) is 9.46. The van der Waals surface area contributed by atoms with E-state index in [2.05, 4.69) is 0 Å². The van der Waals surface area contributed by atoms with E-state index in [-0.39, 0.29) is 30.4 Å². The Morgan fingerprint density at radius 1 is 1.44 bits per heavy atom. The van der Waals surface area contributed by atoms with E-state index < -0.39 is 0 Å². The van der Waals surface area contributed by atoms with Gasteiger partial charge in [0.05, 0.1) is 18.7 Å². The molecule has 0 aromatic heterocycles. The van der Waals surface area contributed by atoms with Crippen molar-refractivity contribution in [3.05, 3.63) is 0 Å². The first-order chi connectivity index (χ1) is 7.76. The minimum atomic E-state index is -0.177. The van der Waals surface area contributed by atoms with E-state index in [4.69, 9.17) is 15.2 Å². The average Bonchev–Trinajstić information content (AvgIpc) is 3.03. The lowest BCUT2D eigenvalue weighted by atomic mass is 9.90. The first-order valence-electron chi connectivity index (χ1n) is 6.06. The molecule has 0 radical (unpaired) electrons. The Bertz CT molecular complexity index is 292. The highest BCUT2D eigenvalue weighted by molar-refractivity contribution is 5.70. The molecule has 2 bridgehead atoms. The number of carbonyl (C=O) groups is 1. The van der Waals surface area contributed by atoms with Crippen LogP contribution in [0.4, 0.5) is 4.79 Å². The van der Waals surface area contributed by atoms with E-state index in [1.54, 1.807) is 0 Å². The molecule has 3 unspecified atom stereocenters. The van der Waals surface area contributed by atoms with Gasteiger partial charge in [-0.05, 0) is 32.2 Å². The number of hydrogen-bond donors (Lipinski definition) is 1. The highest BCUT2D eigenvalue weighted by Gasteiger charge is 2.65. The van der Waals surface area contributed by atoms with Crippen LogP contribution >= 0.6 is 0 Å². The predicted molar refractivity (Wildman–Crippen MR) is 56.9 cm³/mol. The Morgan fingerprint density at radius 3 is 2.56 bits per heavy atom. The van der Waals surface area contributed by atoms with Crippen LogP contribution in [0, 0.1) is 5.92 Å². The van der Waals surface area contributed by atoms with E-state index in [9.17, 15) is 4.79 Å². The molecular formula is C11H18N2O3. The van der Waals surface area contributed by atoms with E-state index in [1.165, 1.54) is 0 Å². The number of carbonyl (C=O) groups excluding carboxylic acids is 1. The molecule has 90 valence electrons. The minimum absolute atomic E-state index is 0.177. The van der Waals surface area contributed by atoms with Crippen LogP contribution in [0.3, 0.4) is 0 Å². The normalized spacial score (nSPS) is 44.1. The van der Waals surface area contributed by atoms with Gasteiger partial charge in [0.25, 0.3) is 0 Å². The number of rotatable bonds is 2. The third-order valence-electron chi connectivity index (χ3n) is 4.00. The van der Waals surface area contributed by atoms with Gasteiger partial charge in [-0.1, -0.05) is 0 Å². The third-order valence-corrected chi connectivity index (χ3v) is 4.00. The van der Waals surface area contributed by atoms with Crippen molar-refractivity contribution in [3.63, 3.8) is 0 Å². The number of piperidine rings is 1. The van der Waals surface area contributed by atoms with Gasteiger partial charge in [-0.3, -0.25) is 4.90 Å². The molecule has 3 fully saturated rings.